The Morgan fingerprint density at radius 1 is 1.32 bits per heavy atom. The molecule has 1 atom stereocenters. The molecule has 1 aromatic carbocycles. The van der Waals surface area contributed by atoms with Crippen LogP contribution in [0.5, 0.6) is 0 Å². The first-order valence-electron chi connectivity index (χ1n) is 8.60. The number of esters is 1. The highest BCUT2D eigenvalue weighted by atomic mass is 32.2. The lowest BCUT2D eigenvalue weighted by molar-refractivity contribution is -0.144. The van der Waals surface area contributed by atoms with Gasteiger partial charge in [0.1, 0.15) is 6.04 Å². The lowest BCUT2D eigenvalue weighted by Gasteiger charge is -2.15. The summed E-state index contributed by atoms with van der Waals surface area (Å²) in [6, 6.07) is 9.09. The number of nitrogens with zero attached hydrogens (tertiary/aromatic N) is 2. The van der Waals surface area contributed by atoms with Crippen molar-refractivity contribution in [2.24, 2.45) is 5.73 Å². The van der Waals surface area contributed by atoms with Gasteiger partial charge in [-0.1, -0.05) is 30.3 Å². The molecule has 3 N–H and O–H groups in total. The molecule has 1 heterocycles. The Kier molecular flexibility index (Phi) is 8.54. The Bertz CT molecular complexity index is 794. The molecule has 0 aliphatic rings. The highest BCUT2D eigenvalue weighted by Gasteiger charge is 2.23. The molecular formula is C19H23N4O4S. The normalized spacial score (nSPS) is 11.6. The lowest BCUT2D eigenvalue weighted by Crippen LogP contribution is -2.44. The molecule has 28 heavy (non-hydrogen) atoms. The van der Waals surface area contributed by atoms with Crippen LogP contribution >= 0.6 is 11.8 Å². The molecule has 0 bridgehead atoms. The first-order valence-corrected chi connectivity index (χ1v) is 9.75. The topological polar surface area (TPSA) is 116 Å². The summed E-state index contributed by atoms with van der Waals surface area (Å²) in [6.07, 6.45) is 5.03. The van der Waals surface area contributed by atoms with E-state index < -0.39 is 17.9 Å². The molecule has 2 aromatic rings. The van der Waals surface area contributed by atoms with Crippen molar-refractivity contribution >= 4 is 29.5 Å². The van der Waals surface area contributed by atoms with E-state index in [-0.39, 0.29) is 18.1 Å². The summed E-state index contributed by atoms with van der Waals surface area (Å²) in [4.78, 5) is 39.0. The minimum Gasteiger partial charge on any atom is -0.467 e. The fourth-order valence-corrected chi connectivity index (χ4v) is 3.13. The van der Waals surface area contributed by atoms with E-state index in [1.165, 1.54) is 25.3 Å². The van der Waals surface area contributed by atoms with Gasteiger partial charge in [-0.2, -0.15) is 11.8 Å². The SMILES string of the molecule is COC(=O)[C@H](Cc1cn(Cc2ccccc2)cn1)NC(=O)CSC[CH]C(N)=O. The standard InChI is InChI=1S/C19H23N4O4S/c1-27-19(26)16(22-18(25)12-28-8-7-17(20)24)9-15-11-23(13-21-15)10-14-5-3-2-4-6-14/h2-7,11,13,16H,8-10,12H2,1H3,(H2,20,24)(H,22,25)/t16-/m0/s1. The van der Waals surface area contributed by atoms with Gasteiger partial charge in [0.05, 0.1) is 31.3 Å². The number of hydrogen-bond acceptors (Lipinski definition) is 6. The van der Waals surface area contributed by atoms with E-state index in [1.54, 1.807) is 6.33 Å². The lowest BCUT2D eigenvalue weighted by atomic mass is 10.1. The highest BCUT2D eigenvalue weighted by Crippen LogP contribution is 2.07. The van der Waals surface area contributed by atoms with Crippen LogP contribution in [0.25, 0.3) is 0 Å². The van der Waals surface area contributed by atoms with Crippen LogP contribution in [0.3, 0.4) is 0 Å². The molecular weight excluding hydrogens is 380 g/mol. The number of nitrogens with two attached hydrogens (primary N) is 1. The number of rotatable bonds is 11. The maximum Gasteiger partial charge on any atom is 0.328 e. The van der Waals surface area contributed by atoms with Crippen LogP contribution in [0, 0.1) is 6.42 Å². The van der Waals surface area contributed by atoms with Gasteiger partial charge in [-0.15, -0.1) is 0 Å². The zero-order valence-corrected chi connectivity index (χ0v) is 16.4. The average Bonchev–Trinajstić information content (AvgIpc) is 3.11. The van der Waals surface area contributed by atoms with Crippen LogP contribution in [-0.2, 0) is 32.1 Å². The van der Waals surface area contributed by atoms with Crippen molar-refractivity contribution in [3.8, 4) is 0 Å². The van der Waals surface area contributed by atoms with Crippen LogP contribution in [0.2, 0.25) is 0 Å². The molecule has 8 nitrogen and oxygen atoms in total. The Morgan fingerprint density at radius 3 is 2.75 bits per heavy atom. The molecule has 0 saturated carbocycles. The zero-order chi connectivity index (χ0) is 20.4. The molecule has 0 saturated heterocycles. The first kappa shape index (κ1) is 21.5. The van der Waals surface area contributed by atoms with E-state index in [4.69, 9.17) is 10.5 Å². The average molecular weight is 403 g/mol. The summed E-state index contributed by atoms with van der Waals surface area (Å²) in [6.45, 7) is 0.663. The number of hydrogen-bond donors (Lipinski definition) is 2. The number of primary amides is 1. The van der Waals surface area contributed by atoms with Crippen molar-refractivity contribution in [2.45, 2.75) is 19.0 Å². The van der Waals surface area contributed by atoms with E-state index in [9.17, 15) is 14.4 Å². The molecule has 2 amide bonds. The van der Waals surface area contributed by atoms with Gasteiger partial charge in [0, 0.05) is 24.9 Å². The van der Waals surface area contributed by atoms with E-state index >= 15 is 0 Å². The van der Waals surface area contributed by atoms with E-state index in [1.807, 2.05) is 41.1 Å². The van der Waals surface area contributed by atoms with Crippen LogP contribution < -0.4 is 11.1 Å². The summed E-state index contributed by atoms with van der Waals surface area (Å²) in [5, 5.41) is 2.65. The monoisotopic (exact) mass is 403 g/mol. The van der Waals surface area contributed by atoms with Gasteiger partial charge in [-0.05, 0) is 5.56 Å². The van der Waals surface area contributed by atoms with Gasteiger partial charge >= 0.3 is 5.97 Å². The fraction of sp³-hybridized carbons (Fsp3) is 0.316. The number of carbonyl (C=O) groups excluding carboxylic acids is 3. The van der Waals surface area contributed by atoms with Crippen molar-refractivity contribution < 1.29 is 19.1 Å². The molecule has 0 unspecified atom stereocenters. The quantitative estimate of drug-likeness (QED) is 0.418. The van der Waals surface area contributed by atoms with E-state index in [0.717, 1.165) is 5.56 Å². The van der Waals surface area contributed by atoms with Crippen LogP contribution in [0.4, 0.5) is 0 Å². The number of aromatic nitrogens is 2. The van der Waals surface area contributed by atoms with E-state index in [0.29, 0.717) is 18.0 Å². The minimum atomic E-state index is -0.835. The second-order valence-electron chi connectivity index (χ2n) is 5.99. The summed E-state index contributed by atoms with van der Waals surface area (Å²) in [7, 11) is 1.27. The maximum absolute atomic E-state index is 12.1. The van der Waals surface area contributed by atoms with Crippen LogP contribution in [-0.4, -0.2) is 52.0 Å². The predicted molar refractivity (Wildman–Crippen MR) is 106 cm³/mol. The van der Waals surface area contributed by atoms with Gasteiger partial charge in [-0.25, -0.2) is 9.78 Å². The third-order valence-electron chi connectivity index (χ3n) is 3.76. The second kappa shape index (κ2) is 11.1. The minimum absolute atomic E-state index is 0.0969. The third kappa shape index (κ3) is 7.43. The smallest absolute Gasteiger partial charge is 0.328 e. The number of methoxy groups -OCH3 is 1. The number of carbonyl (C=O) groups is 3. The van der Waals surface area contributed by atoms with Crippen molar-refractivity contribution in [1.82, 2.24) is 14.9 Å². The number of thioether (sulfide) groups is 1. The molecule has 0 aliphatic carbocycles. The van der Waals surface area contributed by atoms with Gasteiger partial charge in [-0.3, -0.25) is 9.59 Å². The van der Waals surface area contributed by atoms with Gasteiger partial charge in [0.15, 0.2) is 0 Å². The zero-order valence-electron chi connectivity index (χ0n) is 15.5. The molecule has 0 fully saturated rings. The van der Waals surface area contributed by atoms with Crippen molar-refractivity contribution in [1.29, 1.82) is 0 Å². The van der Waals surface area contributed by atoms with Crippen molar-refractivity contribution in [3.63, 3.8) is 0 Å². The summed E-state index contributed by atoms with van der Waals surface area (Å²) >= 11 is 1.22. The molecule has 1 radical (unpaired) electrons. The number of amides is 2. The number of imidazole rings is 1. The van der Waals surface area contributed by atoms with Gasteiger partial charge in [0.25, 0.3) is 0 Å². The Morgan fingerprint density at radius 2 is 2.07 bits per heavy atom. The summed E-state index contributed by atoms with van der Waals surface area (Å²) < 4.78 is 6.70. The van der Waals surface area contributed by atoms with Crippen LogP contribution in [0.15, 0.2) is 42.9 Å². The largest absolute Gasteiger partial charge is 0.467 e. The second-order valence-corrected chi connectivity index (χ2v) is 7.02. The molecule has 0 aliphatic heterocycles. The summed E-state index contributed by atoms with van der Waals surface area (Å²) in [5.41, 5.74) is 6.81. The number of nitrogens with one attached hydrogen (secondary N) is 1. The molecule has 149 valence electrons. The van der Waals surface area contributed by atoms with Crippen molar-refractivity contribution in [2.75, 3.05) is 18.6 Å². The molecule has 1 aromatic heterocycles. The summed E-state index contributed by atoms with van der Waals surface area (Å²) in [5.74, 6) is -0.983. The molecule has 0 spiro atoms. The Hall–Kier alpha value is -2.81. The van der Waals surface area contributed by atoms with Crippen LogP contribution in [0.1, 0.15) is 11.3 Å². The molecule has 2 rings (SSSR count). The van der Waals surface area contributed by atoms with Gasteiger partial charge in [0.2, 0.25) is 11.8 Å². The third-order valence-corrected chi connectivity index (χ3v) is 4.63. The number of benzene rings is 1. The van der Waals surface area contributed by atoms with Crippen molar-refractivity contribution in [3.05, 3.63) is 60.5 Å². The van der Waals surface area contributed by atoms with E-state index in [2.05, 4.69) is 10.3 Å². The van der Waals surface area contributed by atoms with Gasteiger partial charge < -0.3 is 20.4 Å². The Balaban J connectivity index is 1.90. The Labute approximate surface area is 167 Å². The molecule has 9 heteroatoms. The maximum atomic E-state index is 12.1. The predicted octanol–water partition coefficient (Wildman–Crippen LogP) is 0.554. The highest BCUT2D eigenvalue weighted by molar-refractivity contribution is 8.00. The first-order chi connectivity index (χ1) is 13.5. The fourth-order valence-electron chi connectivity index (χ4n) is 2.47. The number of ether oxygens (including phenoxy) is 1.